The lowest BCUT2D eigenvalue weighted by molar-refractivity contribution is -0.146. The summed E-state index contributed by atoms with van der Waals surface area (Å²) in [6.07, 6.45) is 0. The Morgan fingerprint density at radius 1 is 1.53 bits per heavy atom. The van der Waals surface area contributed by atoms with Crippen LogP contribution in [0.3, 0.4) is 0 Å². The molecule has 2 N–H and O–H groups in total. The van der Waals surface area contributed by atoms with E-state index in [4.69, 9.17) is 5.11 Å². The van der Waals surface area contributed by atoms with E-state index in [1.807, 2.05) is 0 Å². The summed E-state index contributed by atoms with van der Waals surface area (Å²) in [4.78, 5) is 13.4. The zero-order valence-electron chi connectivity index (χ0n) is 9.33. The quantitative estimate of drug-likeness (QED) is 0.811. The van der Waals surface area contributed by atoms with Crippen molar-refractivity contribution in [3.05, 3.63) is 21.9 Å². The van der Waals surface area contributed by atoms with Crippen LogP contribution in [0.25, 0.3) is 0 Å². The van der Waals surface area contributed by atoms with Crippen molar-refractivity contribution >= 4 is 17.3 Å². The Kier molecular flexibility index (Phi) is 3.88. The molecule has 84 valence electrons. The third kappa shape index (κ3) is 3.64. The summed E-state index contributed by atoms with van der Waals surface area (Å²) in [6, 6.07) is 4.14. The Labute approximate surface area is 94.1 Å². The summed E-state index contributed by atoms with van der Waals surface area (Å²) in [5.74, 6) is -0.766. The van der Waals surface area contributed by atoms with Crippen LogP contribution in [-0.2, 0) is 11.3 Å². The van der Waals surface area contributed by atoms with Crippen LogP contribution in [0.5, 0.6) is 0 Å². The fraction of sp³-hybridized carbons (Fsp3) is 0.545. The summed E-state index contributed by atoms with van der Waals surface area (Å²) in [7, 11) is 0. The van der Waals surface area contributed by atoms with Gasteiger partial charge in [0, 0.05) is 22.8 Å². The molecule has 0 aliphatic carbocycles. The number of thiophene rings is 1. The van der Waals surface area contributed by atoms with Crippen molar-refractivity contribution in [2.45, 2.75) is 27.3 Å². The van der Waals surface area contributed by atoms with E-state index in [9.17, 15) is 4.79 Å². The first-order chi connectivity index (χ1) is 6.92. The number of carbonyl (C=O) groups is 1. The van der Waals surface area contributed by atoms with Gasteiger partial charge >= 0.3 is 5.97 Å². The lowest BCUT2D eigenvalue weighted by atomic mass is 9.94. The van der Waals surface area contributed by atoms with Crippen LogP contribution in [0.4, 0.5) is 0 Å². The van der Waals surface area contributed by atoms with Crippen molar-refractivity contribution in [1.29, 1.82) is 0 Å². The van der Waals surface area contributed by atoms with Crippen molar-refractivity contribution < 1.29 is 9.90 Å². The van der Waals surface area contributed by atoms with Gasteiger partial charge < -0.3 is 10.4 Å². The molecule has 0 atom stereocenters. The van der Waals surface area contributed by atoms with E-state index >= 15 is 0 Å². The van der Waals surface area contributed by atoms with Crippen molar-refractivity contribution in [2.75, 3.05) is 6.54 Å². The van der Waals surface area contributed by atoms with Gasteiger partial charge in [0.25, 0.3) is 0 Å². The van der Waals surface area contributed by atoms with Crippen LogP contribution >= 0.6 is 11.3 Å². The fourth-order valence-electron chi connectivity index (χ4n) is 1.15. The van der Waals surface area contributed by atoms with Crippen LogP contribution < -0.4 is 5.32 Å². The third-order valence-electron chi connectivity index (χ3n) is 2.24. The molecule has 0 amide bonds. The molecule has 0 aromatic carbocycles. The molecule has 0 fully saturated rings. The average Bonchev–Trinajstić information content (AvgIpc) is 2.51. The van der Waals surface area contributed by atoms with E-state index in [-0.39, 0.29) is 0 Å². The average molecular weight is 227 g/mol. The normalized spacial score (nSPS) is 11.7. The Morgan fingerprint density at radius 2 is 2.20 bits per heavy atom. The SMILES string of the molecule is Cc1ccc(CNCC(C)(C)C(=O)O)s1. The van der Waals surface area contributed by atoms with Gasteiger partial charge in [-0.15, -0.1) is 11.3 Å². The second-order valence-electron chi connectivity index (χ2n) is 4.30. The number of nitrogens with one attached hydrogen (secondary N) is 1. The third-order valence-corrected chi connectivity index (χ3v) is 3.24. The molecular weight excluding hydrogens is 210 g/mol. The van der Waals surface area contributed by atoms with Gasteiger partial charge in [0.2, 0.25) is 0 Å². The first-order valence-corrected chi connectivity index (χ1v) is 5.73. The maximum atomic E-state index is 10.8. The van der Waals surface area contributed by atoms with E-state index in [1.54, 1.807) is 25.2 Å². The standard InChI is InChI=1S/C11H17NO2S/c1-8-4-5-9(15-8)6-12-7-11(2,3)10(13)14/h4-5,12H,6-7H2,1-3H3,(H,13,14). The number of hydrogen-bond acceptors (Lipinski definition) is 3. The van der Waals surface area contributed by atoms with E-state index in [2.05, 4.69) is 24.4 Å². The Balaban J connectivity index is 2.36. The number of rotatable bonds is 5. The molecule has 0 radical (unpaired) electrons. The van der Waals surface area contributed by atoms with Gasteiger partial charge in [-0.3, -0.25) is 4.79 Å². The number of hydrogen-bond donors (Lipinski definition) is 2. The van der Waals surface area contributed by atoms with E-state index in [0.717, 1.165) is 6.54 Å². The minimum absolute atomic E-state index is 0.485. The summed E-state index contributed by atoms with van der Waals surface area (Å²) in [5.41, 5.74) is -0.702. The van der Waals surface area contributed by atoms with E-state index in [1.165, 1.54) is 9.75 Å². The zero-order valence-corrected chi connectivity index (χ0v) is 10.1. The predicted octanol–water partition coefficient (Wildman–Crippen LogP) is 2.26. The molecule has 0 saturated carbocycles. The molecule has 0 aliphatic heterocycles. The molecule has 0 spiro atoms. The summed E-state index contributed by atoms with van der Waals surface area (Å²) in [5, 5.41) is 12.1. The topological polar surface area (TPSA) is 49.3 Å². The lowest BCUT2D eigenvalue weighted by Gasteiger charge is -2.19. The molecule has 3 nitrogen and oxygen atoms in total. The molecule has 0 unspecified atom stereocenters. The maximum absolute atomic E-state index is 10.8. The maximum Gasteiger partial charge on any atom is 0.310 e. The highest BCUT2D eigenvalue weighted by Gasteiger charge is 2.26. The van der Waals surface area contributed by atoms with Crippen molar-refractivity contribution in [3.63, 3.8) is 0 Å². The monoisotopic (exact) mass is 227 g/mol. The van der Waals surface area contributed by atoms with Gasteiger partial charge in [0.15, 0.2) is 0 Å². The summed E-state index contributed by atoms with van der Waals surface area (Å²) < 4.78 is 0. The molecule has 4 heteroatoms. The first kappa shape index (κ1) is 12.2. The molecule has 0 bridgehead atoms. The largest absolute Gasteiger partial charge is 0.481 e. The van der Waals surface area contributed by atoms with Crippen molar-refractivity contribution in [2.24, 2.45) is 5.41 Å². The van der Waals surface area contributed by atoms with Crippen molar-refractivity contribution in [1.82, 2.24) is 5.32 Å². The highest BCUT2D eigenvalue weighted by atomic mass is 32.1. The number of carboxylic acids is 1. The van der Waals surface area contributed by atoms with Crippen LogP contribution in [0.1, 0.15) is 23.6 Å². The van der Waals surface area contributed by atoms with Crippen LogP contribution in [0.2, 0.25) is 0 Å². The lowest BCUT2D eigenvalue weighted by Crippen LogP contribution is -2.35. The highest BCUT2D eigenvalue weighted by molar-refractivity contribution is 7.11. The molecule has 1 aromatic rings. The van der Waals surface area contributed by atoms with Crippen LogP contribution in [-0.4, -0.2) is 17.6 Å². The second kappa shape index (κ2) is 4.77. The predicted molar refractivity (Wildman–Crippen MR) is 62.2 cm³/mol. The second-order valence-corrected chi connectivity index (χ2v) is 5.68. The number of aliphatic carboxylic acids is 1. The molecule has 15 heavy (non-hydrogen) atoms. The molecule has 1 rings (SSSR count). The van der Waals surface area contributed by atoms with Gasteiger partial charge in [0.05, 0.1) is 5.41 Å². The Hall–Kier alpha value is -0.870. The summed E-state index contributed by atoms with van der Waals surface area (Å²) in [6.45, 7) is 6.74. The number of carboxylic acid groups (broad SMARTS) is 1. The number of aryl methyl sites for hydroxylation is 1. The zero-order chi connectivity index (χ0) is 11.5. The van der Waals surface area contributed by atoms with Gasteiger partial charge in [0.1, 0.15) is 0 Å². The fourth-order valence-corrected chi connectivity index (χ4v) is 2.01. The molecule has 1 aromatic heterocycles. The van der Waals surface area contributed by atoms with Crippen LogP contribution in [0.15, 0.2) is 12.1 Å². The molecule has 0 aliphatic rings. The Bertz CT molecular complexity index is 344. The first-order valence-electron chi connectivity index (χ1n) is 4.91. The van der Waals surface area contributed by atoms with Gasteiger partial charge in [-0.25, -0.2) is 0 Å². The molecule has 1 heterocycles. The summed E-state index contributed by atoms with van der Waals surface area (Å²) >= 11 is 1.74. The van der Waals surface area contributed by atoms with Gasteiger partial charge in [-0.05, 0) is 32.9 Å². The van der Waals surface area contributed by atoms with Crippen molar-refractivity contribution in [3.8, 4) is 0 Å². The van der Waals surface area contributed by atoms with Gasteiger partial charge in [-0.2, -0.15) is 0 Å². The minimum atomic E-state index is -0.766. The van der Waals surface area contributed by atoms with E-state index < -0.39 is 11.4 Å². The smallest absolute Gasteiger partial charge is 0.310 e. The van der Waals surface area contributed by atoms with Gasteiger partial charge in [-0.1, -0.05) is 0 Å². The molecular formula is C11H17NO2S. The Morgan fingerprint density at radius 3 is 2.67 bits per heavy atom. The highest BCUT2D eigenvalue weighted by Crippen LogP contribution is 2.16. The van der Waals surface area contributed by atoms with Crippen LogP contribution in [0, 0.1) is 12.3 Å². The van der Waals surface area contributed by atoms with E-state index in [0.29, 0.717) is 6.54 Å². The molecule has 0 saturated heterocycles. The minimum Gasteiger partial charge on any atom is -0.481 e.